The Kier molecular flexibility index (Phi) is 3.10. The lowest BCUT2D eigenvalue weighted by Crippen LogP contribution is -2.16. The molecule has 1 aliphatic rings. The molecule has 0 radical (unpaired) electrons. The van der Waals surface area contributed by atoms with Crippen molar-refractivity contribution in [2.45, 2.75) is 6.10 Å². The fourth-order valence-corrected chi connectivity index (χ4v) is 4.60. The number of hydrogen-bond donors (Lipinski definition) is 0. The highest BCUT2D eigenvalue weighted by molar-refractivity contribution is 7.10. The number of hydrogen-bond acceptors (Lipinski definition) is 4. The van der Waals surface area contributed by atoms with Gasteiger partial charge < -0.3 is 4.74 Å². The van der Waals surface area contributed by atoms with Crippen molar-refractivity contribution < 1.29 is 4.74 Å². The van der Waals surface area contributed by atoms with E-state index in [1.807, 2.05) is 6.07 Å². The number of aromatic nitrogens is 2. The lowest BCUT2D eigenvalue weighted by atomic mass is 9.93. The van der Waals surface area contributed by atoms with Crippen LogP contribution in [0.5, 0.6) is 5.75 Å². The Balaban J connectivity index is 1.72. The second-order valence-electron chi connectivity index (χ2n) is 6.65. The minimum Gasteiger partial charge on any atom is -0.479 e. The molecule has 0 N–H and O–H groups in total. The molecule has 128 valence electrons. The number of nitrogens with zero attached hydrogens (tertiary/aromatic N) is 2. The van der Waals surface area contributed by atoms with Gasteiger partial charge in [0.1, 0.15) is 5.75 Å². The highest BCUT2D eigenvalue weighted by Gasteiger charge is 2.31. The summed E-state index contributed by atoms with van der Waals surface area (Å²) in [6, 6.07) is 23.0. The number of fused-ring (bicyclic) bond motifs is 6. The quantitative estimate of drug-likeness (QED) is 0.365. The Morgan fingerprint density at radius 3 is 2.74 bits per heavy atom. The number of thiophene rings is 1. The molecule has 1 unspecified atom stereocenters. The summed E-state index contributed by atoms with van der Waals surface area (Å²) in [4.78, 5) is 10.6. The molecule has 4 heterocycles. The highest BCUT2D eigenvalue weighted by atomic mass is 32.1. The van der Waals surface area contributed by atoms with Crippen LogP contribution in [0.25, 0.3) is 33.1 Å². The molecule has 0 bridgehead atoms. The molecule has 1 aliphatic heterocycles. The summed E-state index contributed by atoms with van der Waals surface area (Å²) < 4.78 is 6.61. The first-order valence-corrected chi connectivity index (χ1v) is 9.74. The topological polar surface area (TPSA) is 35.0 Å². The summed E-state index contributed by atoms with van der Waals surface area (Å²) in [5.74, 6) is 0.904. The molecule has 1 atom stereocenters. The first kappa shape index (κ1) is 14.9. The summed E-state index contributed by atoms with van der Waals surface area (Å²) in [7, 11) is 0. The number of benzene rings is 2. The van der Waals surface area contributed by atoms with Crippen LogP contribution in [0.2, 0.25) is 0 Å². The number of rotatable bonds is 1. The van der Waals surface area contributed by atoms with E-state index in [2.05, 4.69) is 71.0 Å². The van der Waals surface area contributed by atoms with E-state index < -0.39 is 0 Å². The average Bonchev–Trinajstić information content (AvgIpc) is 3.26. The Morgan fingerprint density at radius 2 is 1.81 bits per heavy atom. The van der Waals surface area contributed by atoms with E-state index in [9.17, 15) is 0 Å². The zero-order valence-corrected chi connectivity index (χ0v) is 15.1. The minimum absolute atomic E-state index is 0.157. The van der Waals surface area contributed by atoms with Crippen molar-refractivity contribution in [2.75, 3.05) is 0 Å². The SMILES string of the molecule is c1csc(C2Oc3c(ccc4ccccc34)-c3nc4ncccc4cc32)c1. The van der Waals surface area contributed by atoms with E-state index in [4.69, 9.17) is 9.72 Å². The maximum Gasteiger partial charge on any atom is 0.160 e. The van der Waals surface area contributed by atoms with Crippen molar-refractivity contribution in [3.63, 3.8) is 0 Å². The van der Waals surface area contributed by atoms with Crippen LogP contribution < -0.4 is 4.74 Å². The molecule has 0 spiro atoms. The molecule has 27 heavy (non-hydrogen) atoms. The van der Waals surface area contributed by atoms with Gasteiger partial charge in [-0.2, -0.15) is 0 Å². The van der Waals surface area contributed by atoms with E-state index >= 15 is 0 Å². The summed E-state index contributed by atoms with van der Waals surface area (Å²) in [5.41, 5.74) is 3.86. The molecule has 3 aromatic heterocycles. The largest absolute Gasteiger partial charge is 0.479 e. The van der Waals surface area contributed by atoms with Crippen LogP contribution in [0.15, 0.2) is 78.3 Å². The first-order chi connectivity index (χ1) is 13.4. The van der Waals surface area contributed by atoms with Gasteiger partial charge in [-0.3, -0.25) is 0 Å². The second-order valence-corrected chi connectivity index (χ2v) is 7.63. The van der Waals surface area contributed by atoms with Gasteiger partial charge >= 0.3 is 0 Å². The molecule has 3 nitrogen and oxygen atoms in total. The molecule has 0 aliphatic carbocycles. The van der Waals surface area contributed by atoms with Gasteiger partial charge in [0, 0.05) is 33.0 Å². The van der Waals surface area contributed by atoms with Gasteiger partial charge in [0.05, 0.1) is 5.69 Å². The molecule has 0 fully saturated rings. The van der Waals surface area contributed by atoms with E-state index in [0.29, 0.717) is 0 Å². The number of ether oxygens (including phenoxy) is 1. The van der Waals surface area contributed by atoms with Gasteiger partial charge in [-0.25, -0.2) is 9.97 Å². The van der Waals surface area contributed by atoms with Gasteiger partial charge in [-0.15, -0.1) is 11.3 Å². The van der Waals surface area contributed by atoms with Crippen molar-refractivity contribution in [2.24, 2.45) is 0 Å². The van der Waals surface area contributed by atoms with Crippen LogP contribution in [-0.2, 0) is 0 Å². The normalized spacial score (nSPS) is 15.3. The van der Waals surface area contributed by atoms with Gasteiger partial charge in [-0.05, 0) is 41.1 Å². The molecular formula is C23H14N2OS. The second kappa shape index (κ2) is 5.63. The highest BCUT2D eigenvalue weighted by Crippen LogP contribution is 2.48. The number of pyridine rings is 2. The van der Waals surface area contributed by atoms with Crippen LogP contribution in [-0.4, -0.2) is 9.97 Å². The minimum atomic E-state index is -0.157. The molecular weight excluding hydrogens is 352 g/mol. The zero-order valence-electron chi connectivity index (χ0n) is 14.3. The van der Waals surface area contributed by atoms with Gasteiger partial charge in [0.15, 0.2) is 11.8 Å². The third kappa shape index (κ3) is 2.20. The van der Waals surface area contributed by atoms with E-state index in [-0.39, 0.29) is 6.10 Å². The summed E-state index contributed by atoms with van der Waals surface area (Å²) >= 11 is 1.71. The third-order valence-corrected chi connectivity index (χ3v) is 5.99. The molecule has 5 aromatic rings. The third-order valence-electron chi connectivity index (χ3n) is 5.07. The average molecular weight is 366 g/mol. The zero-order chi connectivity index (χ0) is 17.8. The molecule has 2 aromatic carbocycles. The van der Waals surface area contributed by atoms with Gasteiger partial charge in [0.25, 0.3) is 0 Å². The summed E-state index contributed by atoms with van der Waals surface area (Å²) in [6.45, 7) is 0. The predicted molar refractivity (Wildman–Crippen MR) is 109 cm³/mol. The van der Waals surface area contributed by atoms with Crippen molar-refractivity contribution in [1.82, 2.24) is 9.97 Å². The first-order valence-electron chi connectivity index (χ1n) is 8.86. The van der Waals surface area contributed by atoms with E-state index in [1.165, 1.54) is 10.3 Å². The monoisotopic (exact) mass is 366 g/mol. The summed E-state index contributed by atoms with van der Waals surface area (Å²) in [5, 5.41) is 5.41. The Bertz CT molecular complexity index is 1310. The Labute approximate surface area is 159 Å². The molecule has 0 saturated heterocycles. The fraction of sp³-hybridized carbons (Fsp3) is 0.0435. The maximum absolute atomic E-state index is 6.61. The van der Waals surface area contributed by atoms with Crippen molar-refractivity contribution >= 4 is 33.1 Å². The standard InChI is InChI=1S/C23H14N2OS/c1-2-7-16-14(5-1)9-10-17-20-18(13-15-6-3-11-24-23(15)25-20)22(26-21(16)17)19-8-4-12-27-19/h1-13,22H. The smallest absolute Gasteiger partial charge is 0.160 e. The lowest BCUT2D eigenvalue weighted by molar-refractivity contribution is 0.250. The van der Waals surface area contributed by atoms with Gasteiger partial charge in [0.2, 0.25) is 0 Å². The summed E-state index contributed by atoms with van der Waals surface area (Å²) in [6.07, 6.45) is 1.63. The Morgan fingerprint density at radius 1 is 0.889 bits per heavy atom. The van der Waals surface area contributed by atoms with Crippen molar-refractivity contribution in [1.29, 1.82) is 0 Å². The van der Waals surface area contributed by atoms with Crippen LogP contribution in [0.4, 0.5) is 0 Å². The van der Waals surface area contributed by atoms with Gasteiger partial charge in [-0.1, -0.05) is 36.4 Å². The maximum atomic E-state index is 6.61. The molecule has 0 saturated carbocycles. The van der Waals surface area contributed by atoms with E-state index in [0.717, 1.165) is 39.0 Å². The van der Waals surface area contributed by atoms with Crippen LogP contribution >= 0.6 is 11.3 Å². The fourth-order valence-electron chi connectivity index (χ4n) is 3.83. The Hall–Kier alpha value is -3.24. The van der Waals surface area contributed by atoms with Crippen LogP contribution in [0, 0.1) is 0 Å². The van der Waals surface area contributed by atoms with Crippen molar-refractivity contribution in [3.05, 3.63) is 88.7 Å². The van der Waals surface area contributed by atoms with Crippen LogP contribution in [0.1, 0.15) is 16.5 Å². The van der Waals surface area contributed by atoms with Crippen molar-refractivity contribution in [3.8, 4) is 17.0 Å². The lowest BCUT2D eigenvalue weighted by Gasteiger charge is -2.28. The van der Waals surface area contributed by atoms with E-state index in [1.54, 1.807) is 17.5 Å². The predicted octanol–water partition coefficient (Wildman–Crippen LogP) is 5.99. The molecule has 6 rings (SSSR count). The van der Waals surface area contributed by atoms with Crippen LogP contribution in [0.3, 0.4) is 0 Å². The molecule has 0 amide bonds. The molecule has 4 heteroatoms.